The van der Waals surface area contributed by atoms with E-state index in [1.54, 1.807) is 30.0 Å². The number of halogens is 4. The van der Waals surface area contributed by atoms with E-state index in [4.69, 9.17) is 0 Å². The average molecular weight is 670 g/mol. The van der Waals surface area contributed by atoms with Crippen molar-refractivity contribution in [1.82, 2.24) is 4.90 Å². The van der Waals surface area contributed by atoms with Crippen LogP contribution in [0.2, 0.25) is 0 Å². The normalized spacial score (nSPS) is 13.8. The molecular formula is C37H52F4KN3O. The molecule has 1 aliphatic heterocycles. The van der Waals surface area contributed by atoms with Crippen LogP contribution < -0.4 is 56.7 Å². The predicted molar refractivity (Wildman–Crippen MR) is 181 cm³/mol. The Morgan fingerprint density at radius 2 is 1.39 bits per heavy atom. The van der Waals surface area contributed by atoms with E-state index in [0.29, 0.717) is 5.69 Å². The Labute approximate surface area is 317 Å². The van der Waals surface area contributed by atoms with Gasteiger partial charge in [0.1, 0.15) is 5.82 Å². The molecular weight excluding hydrogens is 618 g/mol. The number of amides is 1. The molecule has 0 spiro atoms. The summed E-state index contributed by atoms with van der Waals surface area (Å²) in [4.78, 5) is 13.9. The summed E-state index contributed by atoms with van der Waals surface area (Å²) in [7, 11) is 1.46. The Morgan fingerprint density at radius 3 is 1.91 bits per heavy atom. The minimum atomic E-state index is -4.29. The number of rotatable bonds is 4. The molecule has 5 rings (SSSR count). The van der Waals surface area contributed by atoms with Crippen molar-refractivity contribution in [1.29, 1.82) is 0 Å². The predicted octanol–water partition coefficient (Wildman–Crippen LogP) is 8.51. The molecule has 3 aromatic rings. The molecule has 0 bridgehead atoms. The van der Waals surface area contributed by atoms with Crippen LogP contribution in [0.1, 0.15) is 99.7 Å². The van der Waals surface area contributed by atoms with Crippen LogP contribution in [0.15, 0.2) is 66.7 Å². The Bertz CT molecular complexity index is 1220. The number of nitrogens with zero attached hydrogens (tertiary/aromatic N) is 2. The van der Waals surface area contributed by atoms with Gasteiger partial charge in [0.15, 0.2) is 0 Å². The van der Waals surface area contributed by atoms with Gasteiger partial charge in [0.05, 0.1) is 11.1 Å². The molecule has 3 aromatic carbocycles. The summed E-state index contributed by atoms with van der Waals surface area (Å²) in [6.07, 6.45) is 4.40. The number of carbonyl (C=O) groups excluding carboxylic acids is 1. The zero-order valence-electron chi connectivity index (χ0n) is 29.1. The monoisotopic (exact) mass is 669 g/mol. The van der Waals surface area contributed by atoms with Gasteiger partial charge in [0.25, 0.3) is 5.91 Å². The van der Waals surface area contributed by atoms with Crippen LogP contribution in [0.3, 0.4) is 0 Å². The van der Waals surface area contributed by atoms with Crippen molar-refractivity contribution < 1.29 is 73.7 Å². The minimum absolute atomic E-state index is 0. The van der Waals surface area contributed by atoms with Crippen molar-refractivity contribution in [3.63, 3.8) is 0 Å². The second-order valence-electron chi connectivity index (χ2n) is 10.5. The van der Waals surface area contributed by atoms with Gasteiger partial charge in [0, 0.05) is 24.8 Å². The third kappa shape index (κ3) is 15.3. The van der Waals surface area contributed by atoms with Gasteiger partial charge in [-0.25, -0.2) is 4.39 Å². The summed E-state index contributed by atoms with van der Waals surface area (Å²) in [5, 5.41) is 7.23. The third-order valence-electron chi connectivity index (χ3n) is 7.36. The quantitative estimate of drug-likeness (QED) is 0.224. The molecule has 2 aliphatic rings. The zero-order valence-corrected chi connectivity index (χ0v) is 32.2. The second kappa shape index (κ2) is 24.3. The first-order valence-electron chi connectivity index (χ1n) is 16.2. The number of alkyl halides is 3. The van der Waals surface area contributed by atoms with E-state index in [0.717, 1.165) is 43.6 Å². The van der Waals surface area contributed by atoms with Crippen LogP contribution in [-0.4, -0.2) is 37.0 Å². The van der Waals surface area contributed by atoms with Crippen molar-refractivity contribution >= 4 is 17.3 Å². The molecule has 0 radical (unpaired) electrons. The van der Waals surface area contributed by atoms with E-state index in [9.17, 15) is 22.4 Å². The SMILES string of the molecule is CC.CC.C[N-]c1ccc(C)c(C(F)(F)F)c1.Cc1cccc(F)c1C(=O)N1CCCCC1.[K+].c1ccc(NC2CCCC2)cc1. The molecule has 0 atom stereocenters. The maximum Gasteiger partial charge on any atom is 1.00 e. The average Bonchev–Trinajstić information content (AvgIpc) is 3.57. The van der Waals surface area contributed by atoms with E-state index in [-0.39, 0.29) is 68.4 Å². The Balaban J connectivity index is 0.000000625. The van der Waals surface area contributed by atoms with Crippen molar-refractivity contribution in [2.45, 2.75) is 98.7 Å². The van der Waals surface area contributed by atoms with Crippen LogP contribution in [0.25, 0.3) is 5.32 Å². The van der Waals surface area contributed by atoms with Crippen LogP contribution in [0.4, 0.5) is 28.9 Å². The van der Waals surface area contributed by atoms with Crippen LogP contribution in [-0.2, 0) is 6.18 Å². The van der Waals surface area contributed by atoms with Gasteiger partial charge >= 0.3 is 57.6 Å². The van der Waals surface area contributed by atoms with Crippen molar-refractivity contribution in [2.75, 3.05) is 25.5 Å². The second-order valence-corrected chi connectivity index (χ2v) is 10.5. The number of hydrogen-bond donors (Lipinski definition) is 1. The number of nitrogens with one attached hydrogen (secondary N) is 1. The summed E-state index contributed by atoms with van der Waals surface area (Å²) in [6.45, 7) is 12.7. The fourth-order valence-corrected chi connectivity index (χ4v) is 5.05. The molecule has 1 N–H and O–H groups in total. The summed E-state index contributed by atoms with van der Waals surface area (Å²) in [5.41, 5.74) is 2.18. The standard InChI is InChI=1S/C13H16FNO.C11H15N.C9H9F3N.2C2H6.K/c1-10-6-5-7-11(14)12(10)13(16)15-8-3-2-4-9-15;1-2-6-10(7-3-1)12-11-8-4-5-9-11;1-6-3-4-7(13-2)5-8(6)9(10,11)12;2*1-2;/h5-7H,2-4,8-9H2,1H3;1-3,6-7,11-12H,4-5,8-9H2;3-5H,1-2H3;2*1-2H3;/q;;-1;;;+1. The molecule has 46 heavy (non-hydrogen) atoms. The van der Waals surface area contributed by atoms with Crippen molar-refractivity contribution in [3.8, 4) is 0 Å². The van der Waals surface area contributed by atoms with Crippen molar-refractivity contribution in [2.24, 2.45) is 0 Å². The maximum atomic E-state index is 13.6. The van der Waals surface area contributed by atoms with Crippen molar-refractivity contribution in [3.05, 3.63) is 100 Å². The number of carbonyl (C=O) groups is 1. The molecule has 9 heteroatoms. The Hall–Kier alpha value is -1.91. The van der Waals surface area contributed by atoms with Gasteiger partial charge in [-0.3, -0.25) is 4.79 Å². The number of para-hydroxylation sites is 1. The summed E-state index contributed by atoms with van der Waals surface area (Å²) in [5.74, 6) is -0.564. The molecule has 1 amide bonds. The summed E-state index contributed by atoms with van der Waals surface area (Å²) >= 11 is 0. The molecule has 250 valence electrons. The first kappa shape index (κ1) is 44.1. The minimum Gasteiger partial charge on any atom is -0.687 e. The van der Waals surface area contributed by atoms with E-state index in [1.165, 1.54) is 63.9 Å². The molecule has 0 aromatic heterocycles. The van der Waals surface area contributed by atoms with Gasteiger partial charge < -0.3 is 15.5 Å². The van der Waals surface area contributed by atoms with Crippen LogP contribution in [0, 0.1) is 19.7 Å². The number of likely N-dealkylation sites (tertiary alicyclic amines) is 1. The van der Waals surface area contributed by atoms with E-state index in [2.05, 4.69) is 41.0 Å². The number of piperidine rings is 1. The molecule has 1 aliphatic carbocycles. The van der Waals surface area contributed by atoms with Crippen LogP contribution >= 0.6 is 0 Å². The summed E-state index contributed by atoms with van der Waals surface area (Å²) in [6, 6.07) is 20.0. The summed E-state index contributed by atoms with van der Waals surface area (Å²) < 4.78 is 50.6. The molecule has 0 unspecified atom stereocenters. The van der Waals surface area contributed by atoms with E-state index in [1.807, 2.05) is 27.7 Å². The Kier molecular flexibility index (Phi) is 23.3. The molecule has 1 heterocycles. The van der Waals surface area contributed by atoms with Gasteiger partial charge in [-0.2, -0.15) is 13.2 Å². The number of aryl methyl sites for hydroxylation is 2. The third-order valence-corrected chi connectivity index (χ3v) is 7.36. The molecule has 4 nitrogen and oxygen atoms in total. The van der Waals surface area contributed by atoms with E-state index < -0.39 is 17.6 Å². The maximum absolute atomic E-state index is 13.6. The fraction of sp³-hybridized carbons (Fsp3) is 0.486. The number of anilines is 1. The fourth-order valence-electron chi connectivity index (χ4n) is 5.05. The molecule has 2 fully saturated rings. The first-order chi connectivity index (χ1) is 21.6. The Morgan fingerprint density at radius 1 is 0.804 bits per heavy atom. The topological polar surface area (TPSA) is 46.4 Å². The van der Waals surface area contributed by atoms with Gasteiger partial charge in [-0.1, -0.05) is 89.1 Å². The van der Waals surface area contributed by atoms with E-state index >= 15 is 0 Å². The molecule has 1 saturated heterocycles. The van der Waals surface area contributed by atoms with Gasteiger partial charge in [-0.15, -0.1) is 12.7 Å². The molecule has 1 saturated carbocycles. The van der Waals surface area contributed by atoms with Gasteiger partial charge in [0.2, 0.25) is 0 Å². The van der Waals surface area contributed by atoms with Gasteiger partial charge in [-0.05, 0) is 75.3 Å². The number of hydrogen-bond acceptors (Lipinski definition) is 2. The first-order valence-corrected chi connectivity index (χ1v) is 16.2. The number of benzene rings is 3. The smallest absolute Gasteiger partial charge is 0.687 e. The zero-order chi connectivity index (χ0) is 33.8. The van der Waals surface area contributed by atoms with Crippen LogP contribution in [0.5, 0.6) is 0 Å². The largest absolute Gasteiger partial charge is 1.00 e.